The van der Waals surface area contributed by atoms with Crippen molar-refractivity contribution >= 4 is 30.0 Å². The van der Waals surface area contributed by atoms with Crippen molar-refractivity contribution in [1.29, 1.82) is 0 Å². The van der Waals surface area contributed by atoms with Crippen LogP contribution in [0.4, 0.5) is 0 Å². The zero-order valence-corrected chi connectivity index (χ0v) is 10.6. The highest BCUT2D eigenvalue weighted by Crippen LogP contribution is 2.19. The Hall–Kier alpha value is -1.32. The van der Waals surface area contributed by atoms with Crippen LogP contribution < -0.4 is 0 Å². The lowest BCUT2D eigenvalue weighted by molar-refractivity contribution is 0.102. The zero-order valence-electron chi connectivity index (χ0n) is 8.93. The molecule has 1 heterocycles. The number of pyridine rings is 1. The summed E-state index contributed by atoms with van der Waals surface area (Å²) in [5, 5.41) is 0.456. The predicted molar refractivity (Wildman–Crippen MR) is 72.9 cm³/mol. The van der Waals surface area contributed by atoms with Crippen LogP contribution in [-0.2, 0) is 0 Å². The van der Waals surface area contributed by atoms with Crippen molar-refractivity contribution in [3.63, 3.8) is 0 Å². The van der Waals surface area contributed by atoms with Gasteiger partial charge in [-0.1, -0.05) is 41.9 Å². The van der Waals surface area contributed by atoms with E-state index in [0.29, 0.717) is 10.7 Å². The van der Waals surface area contributed by atoms with Gasteiger partial charge >= 0.3 is 0 Å². The Kier molecular flexibility index (Phi) is 3.82. The normalized spacial score (nSPS) is 10.2. The lowest BCUT2D eigenvalue weighted by Gasteiger charge is -2.02. The van der Waals surface area contributed by atoms with Crippen molar-refractivity contribution in [3.05, 3.63) is 53.2 Å². The maximum Gasteiger partial charge on any atom is 0.172 e. The van der Waals surface area contributed by atoms with Gasteiger partial charge in [0.15, 0.2) is 5.78 Å². The number of benzene rings is 1. The average molecular weight is 264 g/mol. The molecule has 0 saturated heterocycles. The van der Waals surface area contributed by atoms with E-state index < -0.39 is 0 Å². The second kappa shape index (κ2) is 5.34. The highest BCUT2D eigenvalue weighted by Gasteiger charge is 2.04. The molecule has 2 aromatic rings. The van der Waals surface area contributed by atoms with Crippen LogP contribution in [0.5, 0.6) is 0 Å². The van der Waals surface area contributed by atoms with Gasteiger partial charge in [0.2, 0.25) is 0 Å². The van der Waals surface area contributed by atoms with Crippen LogP contribution in [-0.4, -0.2) is 16.5 Å². The number of thiol groups is 1. The third-order valence-corrected chi connectivity index (χ3v) is 2.86. The van der Waals surface area contributed by atoms with E-state index in [9.17, 15) is 4.79 Å². The second-order valence-corrected chi connectivity index (χ2v) is 4.21. The molecular weight excluding hydrogens is 254 g/mol. The van der Waals surface area contributed by atoms with Crippen molar-refractivity contribution in [2.45, 2.75) is 0 Å². The summed E-state index contributed by atoms with van der Waals surface area (Å²) in [6.45, 7) is 0. The van der Waals surface area contributed by atoms with Gasteiger partial charge in [-0.2, -0.15) is 12.6 Å². The molecule has 0 N–H and O–H groups in total. The predicted octanol–water partition coefficient (Wildman–Crippen LogP) is 3.51. The van der Waals surface area contributed by atoms with E-state index >= 15 is 0 Å². The molecule has 0 spiro atoms. The van der Waals surface area contributed by atoms with E-state index in [2.05, 4.69) is 17.6 Å². The van der Waals surface area contributed by atoms with E-state index in [1.54, 1.807) is 18.2 Å². The topological polar surface area (TPSA) is 30.0 Å². The molecule has 0 saturated carbocycles. The number of aromatic nitrogens is 1. The van der Waals surface area contributed by atoms with Crippen LogP contribution in [0.25, 0.3) is 11.3 Å². The SMILES string of the molecule is O=C(CS)c1ccc(-c2cccc(Cl)n2)cc1. The molecule has 0 radical (unpaired) electrons. The first-order valence-corrected chi connectivity index (χ1v) is 6.09. The molecule has 0 aliphatic carbocycles. The number of halogens is 1. The van der Waals surface area contributed by atoms with Crippen LogP contribution in [0.3, 0.4) is 0 Å². The quantitative estimate of drug-likeness (QED) is 0.522. The van der Waals surface area contributed by atoms with Crippen molar-refractivity contribution < 1.29 is 4.79 Å². The Morgan fingerprint density at radius 3 is 2.47 bits per heavy atom. The molecule has 0 amide bonds. The Morgan fingerprint density at radius 1 is 1.18 bits per heavy atom. The average Bonchev–Trinajstić information content (AvgIpc) is 2.38. The molecule has 0 unspecified atom stereocenters. The first-order chi connectivity index (χ1) is 8.20. The van der Waals surface area contributed by atoms with Crippen molar-refractivity contribution in [2.75, 3.05) is 5.75 Å². The van der Waals surface area contributed by atoms with Gasteiger partial charge in [-0.3, -0.25) is 4.79 Å². The fraction of sp³-hybridized carbons (Fsp3) is 0.0769. The van der Waals surface area contributed by atoms with Gasteiger partial charge in [-0.05, 0) is 12.1 Å². The van der Waals surface area contributed by atoms with E-state index in [0.717, 1.165) is 11.3 Å². The Morgan fingerprint density at radius 2 is 1.88 bits per heavy atom. The minimum Gasteiger partial charge on any atom is -0.293 e. The number of Topliss-reactive ketones (excluding diaryl/α,β-unsaturated/α-hetero) is 1. The molecule has 1 aromatic heterocycles. The van der Waals surface area contributed by atoms with Crippen molar-refractivity contribution in [1.82, 2.24) is 4.98 Å². The van der Waals surface area contributed by atoms with Crippen molar-refractivity contribution in [2.24, 2.45) is 0 Å². The largest absolute Gasteiger partial charge is 0.293 e. The number of carbonyl (C=O) groups excluding carboxylic acids is 1. The maximum atomic E-state index is 11.4. The number of nitrogens with zero attached hydrogens (tertiary/aromatic N) is 1. The summed E-state index contributed by atoms with van der Waals surface area (Å²) in [5.41, 5.74) is 2.39. The van der Waals surface area contributed by atoms with Gasteiger partial charge in [-0.25, -0.2) is 4.98 Å². The van der Waals surface area contributed by atoms with Crippen LogP contribution in [0.15, 0.2) is 42.5 Å². The van der Waals surface area contributed by atoms with Gasteiger partial charge < -0.3 is 0 Å². The summed E-state index contributed by atoms with van der Waals surface area (Å²) in [6.07, 6.45) is 0. The van der Waals surface area contributed by atoms with Gasteiger partial charge in [0.25, 0.3) is 0 Å². The lowest BCUT2D eigenvalue weighted by Crippen LogP contribution is -1.99. The highest BCUT2D eigenvalue weighted by atomic mass is 35.5. The fourth-order valence-corrected chi connectivity index (χ4v) is 1.83. The van der Waals surface area contributed by atoms with E-state index in [-0.39, 0.29) is 11.5 Å². The highest BCUT2D eigenvalue weighted by molar-refractivity contribution is 7.81. The minimum atomic E-state index is 0.0129. The molecule has 0 atom stereocenters. The molecule has 4 heteroatoms. The monoisotopic (exact) mass is 263 g/mol. The van der Waals surface area contributed by atoms with Crippen molar-refractivity contribution in [3.8, 4) is 11.3 Å². The maximum absolute atomic E-state index is 11.4. The van der Waals surface area contributed by atoms with E-state index in [4.69, 9.17) is 11.6 Å². The molecule has 0 fully saturated rings. The summed E-state index contributed by atoms with van der Waals surface area (Å²) >= 11 is 9.78. The molecule has 1 aromatic carbocycles. The third-order valence-electron chi connectivity index (χ3n) is 2.36. The summed E-state index contributed by atoms with van der Waals surface area (Å²) in [6, 6.07) is 12.7. The Balaban J connectivity index is 2.32. The second-order valence-electron chi connectivity index (χ2n) is 3.50. The number of carbonyl (C=O) groups is 1. The molecule has 2 nitrogen and oxygen atoms in total. The van der Waals surface area contributed by atoms with Crippen LogP contribution in [0.2, 0.25) is 5.15 Å². The molecular formula is C13H10ClNOS. The summed E-state index contributed by atoms with van der Waals surface area (Å²) in [5.74, 6) is 0.230. The Labute approximate surface area is 110 Å². The number of hydrogen-bond acceptors (Lipinski definition) is 3. The lowest BCUT2D eigenvalue weighted by atomic mass is 10.1. The number of ketones is 1. The Bertz CT molecular complexity index is 539. The molecule has 0 aliphatic heterocycles. The van der Waals surface area contributed by atoms with Gasteiger partial charge in [0.1, 0.15) is 5.15 Å². The molecule has 86 valence electrons. The smallest absolute Gasteiger partial charge is 0.172 e. The first kappa shape index (κ1) is 12.1. The number of rotatable bonds is 3. The summed E-state index contributed by atoms with van der Waals surface area (Å²) in [7, 11) is 0. The summed E-state index contributed by atoms with van der Waals surface area (Å²) in [4.78, 5) is 15.6. The standard InChI is InChI=1S/C13H10ClNOS/c14-13-3-1-2-11(15-13)9-4-6-10(7-5-9)12(16)8-17/h1-7,17H,8H2. The first-order valence-electron chi connectivity index (χ1n) is 5.08. The van der Waals surface area contributed by atoms with Gasteiger partial charge in [0, 0.05) is 11.1 Å². The fourth-order valence-electron chi connectivity index (χ4n) is 1.49. The van der Waals surface area contributed by atoms with Gasteiger partial charge in [0.05, 0.1) is 11.4 Å². The summed E-state index contributed by atoms with van der Waals surface area (Å²) < 4.78 is 0. The van der Waals surface area contributed by atoms with Gasteiger partial charge in [-0.15, -0.1) is 0 Å². The molecule has 17 heavy (non-hydrogen) atoms. The number of hydrogen-bond donors (Lipinski definition) is 1. The van der Waals surface area contributed by atoms with Crippen LogP contribution >= 0.6 is 24.2 Å². The molecule has 0 bridgehead atoms. The zero-order chi connectivity index (χ0) is 12.3. The van der Waals surface area contributed by atoms with E-state index in [1.165, 1.54) is 0 Å². The molecule has 2 rings (SSSR count). The van der Waals surface area contributed by atoms with E-state index in [1.807, 2.05) is 24.3 Å². The van der Waals surface area contributed by atoms with Crippen LogP contribution in [0, 0.1) is 0 Å². The third kappa shape index (κ3) is 2.87. The van der Waals surface area contributed by atoms with Crippen LogP contribution in [0.1, 0.15) is 10.4 Å². The molecule has 0 aliphatic rings. The minimum absolute atomic E-state index is 0.0129.